The Bertz CT molecular complexity index is 793. The van der Waals surface area contributed by atoms with E-state index in [2.05, 4.69) is 22.3 Å². The molecule has 4 N–H and O–H groups in total. The number of hydrogen-bond donors (Lipinski definition) is 3. The smallest absolute Gasteiger partial charge is 0.353 e. The van der Waals surface area contributed by atoms with Crippen LogP contribution in [0.25, 0.3) is 0 Å². The van der Waals surface area contributed by atoms with Crippen molar-refractivity contribution in [1.29, 1.82) is 0 Å². The highest BCUT2D eigenvalue weighted by atomic mass is 19.1. The Morgan fingerprint density at radius 2 is 2.08 bits per heavy atom. The minimum absolute atomic E-state index is 0.0515. The SMILES string of the molecule is C[NH+]1CCN(c2nc(N)c([N+](=O)[O-])c(Nc3cccc(F)c3)n2)CC1. The number of piperazine rings is 1. The van der Waals surface area contributed by atoms with Gasteiger partial charge in [0, 0.05) is 5.69 Å². The van der Waals surface area contributed by atoms with Gasteiger partial charge < -0.3 is 20.9 Å². The Morgan fingerprint density at radius 1 is 1.36 bits per heavy atom. The van der Waals surface area contributed by atoms with E-state index in [9.17, 15) is 14.5 Å². The fourth-order valence-corrected chi connectivity index (χ4v) is 2.66. The Balaban J connectivity index is 1.97. The number of nitrogens with one attached hydrogen (secondary N) is 2. The van der Waals surface area contributed by atoms with Crippen LogP contribution in [0, 0.1) is 15.9 Å². The fraction of sp³-hybridized carbons (Fsp3) is 0.333. The lowest BCUT2D eigenvalue weighted by Gasteiger charge is -2.30. The molecule has 0 bridgehead atoms. The lowest BCUT2D eigenvalue weighted by molar-refractivity contribution is -0.880. The first-order chi connectivity index (χ1) is 11.9. The summed E-state index contributed by atoms with van der Waals surface area (Å²) in [5.74, 6) is -0.406. The molecular weight excluding hydrogens is 329 g/mol. The predicted molar refractivity (Wildman–Crippen MR) is 91.6 cm³/mol. The van der Waals surface area contributed by atoms with E-state index in [1.54, 1.807) is 6.07 Å². The monoisotopic (exact) mass is 348 g/mol. The molecule has 1 aliphatic rings. The minimum atomic E-state index is -0.644. The van der Waals surface area contributed by atoms with Crippen molar-refractivity contribution in [1.82, 2.24) is 9.97 Å². The van der Waals surface area contributed by atoms with Crippen LogP contribution in [0.5, 0.6) is 0 Å². The first kappa shape index (κ1) is 16.8. The number of rotatable bonds is 4. The summed E-state index contributed by atoms with van der Waals surface area (Å²) in [6, 6.07) is 5.59. The third kappa shape index (κ3) is 3.74. The number of halogens is 1. The van der Waals surface area contributed by atoms with Crippen LogP contribution in [-0.4, -0.2) is 48.1 Å². The van der Waals surface area contributed by atoms with Gasteiger partial charge in [-0.05, 0) is 18.2 Å². The van der Waals surface area contributed by atoms with Gasteiger partial charge in [0.2, 0.25) is 17.6 Å². The molecule has 1 saturated heterocycles. The number of benzene rings is 1. The highest BCUT2D eigenvalue weighted by molar-refractivity contribution is 5.74. The van der Waals surface area contributed by atoms with E-state index in [-0.39, 0.29) is 11.6 Å². The third-order valence-corrected chi connectivity index (χ3v) is 4.07. The summed E-state index contributed by atoms with van der Waals surface area (Å²) in [4.78, 5) is 22.4. The van der Waals surface area contributed by atoms with E-state index in [0.717, 1.165) is 26.2 Å². The molecule has 25 heavy (non-hydrogen) atoms. The number of aromatic nitrogens is 2. The molecule has 1 aliphatic heterocycles. The molecule has 0 spiro atoms. The van der Waals surface area contributed by atoms with Gasteiger partial charge in [-0.25, -0.2) is 4.39 Å². The molecule has 1 aromatic carbocycles. The second-order valence-corrected chi connectivity index (χ2v) is 5.94. The Morgan fingerprint density at radius 3 is 2.72 bits per heavy atom. The summed E-state index contributed by atoms with van der Waals surface area (Å²) in [5, 5.41) is 14.1. The van der Waals surface area contributed by atoms with E-state index < -0.39 is 16.4 Å². The van der Waals surface area contributed by atoms with Crippen LogP contribution >= 0.6 is 0 Å². The summed E-state index contributed by atoms with van der Waals surface area (Å²) in [7, 11) is 2.10. The van der Waals surface area contributed by atoms with Crippen LogP contribution in [0.2, 0.25) is 0 Å². The predicted octanol–water partition coefficient (Wildman–Crippen LogP) is 0.184. The summed E-state index contributed by atoms with van der Waals surface area (Å²) in [6.45, 7) is 3.27. The van der Waals surface area contributed by atoms with Gasteiger partial charge in [-0.1, -0.05) is 6.07 Å². The molecule has 2 heterocycles. The summed E-state index contributed by atoms with van der Waals surface area (Å²) in [6.07, 6.45) is 0. The highest BCUT2D eigenvalue weighted by Gasteiger charge is 2.27. The van der Waals surface area contributed by atoms with Crippen LogP contribution in [0.15, 0.2) is 24.3 Å². The van der Waals surface area contributed by atoms with Crippen molar-refractivity contribution in [2.24, 2.45) is 0 Å². The van der Waals surface area contributed by atoms with Crippen LogP contribution in [0.1, 0.15) is 0 Å². The molecule has 1 fully saturated rings. The molecule has 0 radical (unpaired) electrons. The Labute approximate surface area is 143 Å². The van der Waals surface area contributed by atoms with Crippen molar-refractivity contribution in [2.45, 2.75) is 0 Å². The Hall–Kier alpha value is -3.01. The molecule has 0 unspecified atom stereocenters. The third-order valence-electron chi connectivity index (χ3n) is 4.07. The number of nitro groups is 1. The van der Waals surface area contributed by atoms with Crippen LogP contribution in [0.4, 0.5) is 33.3 Å². The largest absolute Gasteiger partial charge is 0.378 e. The van der Waals surface area contributed by atoms with Crippen LogP contribution in [-0.2, 0) is 0 Å². The quantitative estimate of drug-likeness (QED) is 0.533. The van der Waals surface area contributed by atoms with E-state index in [1.165, 1.54) is 23.1 Å². The lowest BCUT2D eigenvalue weighted by atomic mass is 10.3. The molecule has 2 aromatic rings. The van der Waals surface area contributed by atoms with E-state index in [1.807, 2.05) is 4.90 Å². The number of quaternary nitrogens is 1. The Kier molecular flexibility index (Phi) is 4.61. The van der Waals surface area contributed by atoms with Gasteiger partial charge in [0.1, 0.15) is 5.82 Å². The van der Waals surface area contributed by atoms with E-state index in [0.29, 0.717) is 11.6 Å². The zero-order valence-electron chi connectivity index (χ0n) is 13.7. The molecule has 0 saturated carbocycles. The molecule has 0 atom stereocenters. The average Bonchev–Trinajstić information content (AvgIpc) is 2.54. The van der Waals surface area contributed by atoms with Crippen molar-refractivity contribution in [3.05, 3.63) is 40.2 Å². The molecule has 132 valence electrons. The van der Waals surface area contributed by atoms with Gasteiger partial charge in [0.15, 0.2) is 0 Å². The van der Waals surface area contributed by atoms with Crippen LogP contribution in [0.3, 0.4) is 0 Å². The summed E-state index contributed by atoms with van der Waals surface area (Å²) >= 11 is 0. The van der Waals surface area contributed by atoms with E-state index in [4.69, 9.17) is 5.73 Å². The van der Waals surface area contributed by atoms with Crippen molar-refractivity contribution < 1.29 is 14.2 Å². The maximum atomic E-state index is 13.4. The van der Waals surface area contributed by atoms with Gasteiger partial charge in [0.05, 0.1) is 38.2 Å². The molecule has 0 amide bonds. The van der Waals surface area contributed by atoms with Crippen molar-refractivity contribution in [3.8, 4) is 0 Å². The van der Waals surface area contributed by atoms with Crippen molar-refractivity contribution in [3.63, 3.8) is 0 Å². The first-order valence-corrected chi connectivity index (χ1v) is 7.85. The summed E-state index contributed by atoms with van der Waals surface area (Å²) in [5.41, 5.74) is 5.72. The minimum Gasteiger partial charge on any atom is -0.378 e. The normalized spacial score (nSPS) is 15.2. The van der Waals surface area contributed by atoms with E-state index >= 15 is 0 Å². The van der Waals surface area contributed by atoms with Gasteiger partial charge in [-0.15, -0.1) is 0 Å². The number of hydrogen-bond acceptors (Lipinski definition) is 7. The average molecular weight is 348 g/mol. The second-order valence-electron chi connectivity index (χ2n) is 5.94. The van der Waals surface area contributed by atoms with Gasteiger partial charge in [-0.3, -0.25) is 10.1 Å². The number of anilines is 4. The summed E-state index contributed by atoms with van der Waals surface area (Å²) < 4.78 is 13.4. The van der Waals surface area contributed by atoms with Crippen LogP contribution < -0.4 is 20.9 Å². The fourth-order valence-electron chi connectivity index (χ4n) is 2.66. The maximum absolute atomic E-state index is 13.4. The molecule has 10 heteroatoms. The second kappa shape index (κ2) is 6.85. The number of likely N-dealkylation sites (N-methyl/N-ethyl adjacent to an activating group) is 1. The van der Waals surface area contributed by atoms with Gasteiger partial charge >= 0.3 is 5.69 Å². The standard InChI is InChI=1S/C15H18FN7O2/c1-21-5-7-22(8-6-21)15-19-13(17)12(23(24)25)14(20-15)18-11-4-2-3-10(16)9-11/h2-4,9H,5-8H2,1H3,(H3,17,18,19,20)/p+1. The topological polar surface area (TPSA) is 115 Å². The molecule has 1 aromatic heterocycles. The zero-order valence-corrected chi connectivity index (χ0v) is 13.7. The molecule has 3 rings (SSSR count). The first-order valence-electron chi connectivity index (χ1n) is 7.85. The van der Waals surface area contributed by atoms with Gasteiger partial charge in [-0.2, -0.15) is 9.97 Å². The van der Waals surface area contributed by atoms with Crippen molar-refractivity contribution in [2.75, 3.05) is 49.2 Å². The molecule has 0 aliphatic carbocycles. The number of nitrogens with two attached hydrogens (primary N) is 1. The molecular formula is C15H19FN7O2+. The number of nitrogen functional groups attached to an aromatic ring is 1. The molecule has 9 nitrogen and oxygen atoms in total. The maximum Gasteiger partial charge on any atom is 0.353 e. The lowest BCUT2D eigenvalue weighted by Crippen LogP contribution is -3.12. The number of nitrogens with zero attached hydrogens (tertiary/aromatic N) is 4. The van der Waals surface area contributed by atoms with Gasteiger partial charge in [0.25, 0.3) is 0 Å². The zero-order chi connectivity index (χ0) is 18.0. The highest BCUT2D eigenvalue weighted by Crippen LogP contribution is 2.32. The van der Waals surface area contributed by atoms with Crippen molar-refractivity contribution >= 4 is 29.0 Å².